The van der Waals surface area contributed by atoms with Crippen LogP contribution in [0.3, 0.4) is 0 Å². The normalized spacial score (nSPS) is 12.3. The van der Waals surface area contributed by atoms with Gasteiger partial charge in [0, 0.05) is 0 Å². The molecule has 0 aliphatic rings. The zero-order valence-corrected chi connectivity index (χ0v) is 15.9. The van der Waals surface area contributed by atoms with E-state index in [-0.39, 0.29) is 0 Å². The number of hydrogen-bond donors (Lipinski definition) is 0. The first-order valence-electron chi connectivity index (χ1n) is 6.41. The first kappa shape index (κ1) is 13.5. The van der Waals surface area contributed by atoms with E-state index in [9.17, 15) is 0 Å². The molecule has 7 heteroatoms. The number of imidazole rings is 2. The molecule has 4 nitrogen and oxygen atoms in total. The molecule has 0 aliphatic heterocycles. The van der Waals surface area contributed by atoms with Gasteiger partial charge in [0.25, 0.3) is 0 Å². The summed E-state index contributed by atoms with van der Waals surface area (Å²) in [5.74, 6) is 0. The molecule has 4 aromatic rings. The van der Waals surface area contributed by atoms with E-state index in [2.05, 4.69) is 9.97 Å². The van der Waals surface area contributed by atoms with Crippen LogP contribution in [0.25, 0.3) is 22.1 Å². The average Bonchev–Trinajstić information content (AvgIpc) is 3.12. The van der Waals surface area contributed by atoms with Crippen molar-refractivity contribution in [2.24, 2.45) is 0 Å². The molecule has 0 unspecified atom stereocenters. The van der Waals surface area contributed by atoms with Crippen molar-refractivity contribution in [2.75, 3.05) is 0 Å². The van der Waals surface area contributed by atoms with E-state index in [0.29, 0.717) is 0 Å². The molecular weight excluding hydrogens is 474 g/mol. The molecule has 0 amide bonds. The molecule has 0 aliphatic carbocycles. The van der Waals surface area contributed by atoms with Crippen LogP contribution >= 0.6 is 17.2 Å². The van der Waals surface area contributed by atoms with Crippen LogP contribution in [0.1, 0.15) is 0 Å². The molecule has 2 aromatic carbocycles. The molecule has 0 spiro atoms. The molecular formula is C14H10Cl2HfN4. The first-order chi connectivity index (χ1) is 10.2. The fourth-order valence-electron chi connectivity index (χ4n) is 2.46. The van der Waals surface area contributed by atoms with Crippen molar-refractivity contribution in [1.82, 2.24) is 15.1 Å². The number of hydrogen-bond acceptors (Lipinski definition) is 2. The van der Waals surface area contributed by atoms with Gasteiger partial charge in [0.1, 0.15) is 0 Å². The van der Waals surface area contributed by atoms with Crippen molar-refractivity contribution in [3.05, 3.63) is 61.2 Å². The van der Waals surface area contributed by atoms with E-state index < -0.39 is 18.2 Å². The fourth-order valence-corrected chi connectivity index (χ4v) is 12.6. The van der Waals surface area contributed by atoms with E-state index in [1.54, 1.807) is 12.7 Å². The van der Waals surface area contributed by atoms with E-state index in [0.717, 1.165) is 22.1 Å². The van der Waals surface area contributed by atoms with Gasteiger partial charge in [-0.2, -0.15) is 0 Å². The second-order valence-corrected chi connectivity index (χ2v) is 22.1. The summed E-state index contributed by atoms with van der Waals surface area (Å²) in [4.78, 5) is 8.78. The average molecular weight is 484 g/mol. The van der Waals surface area contributed by atoms with Crippen LogP contribution < -0.4 is 0 Å². The zero-order chi connectivity index (χ0) is 14.4. The number of benzene rings is 2. The van der Waals surface area contributed by atoms with Gasteiger partial charge in [-0.05, 0) is 0 Å². The second kappa shape index (κ2) is 4.93. The molecule has 0 atom stereocenters. The SMILES string of the molecule is [Cl][Hf]([Cl])([n]1cnc2ccccc21)[n]1cnc2ccccc21. The standard InChI is InChI=1S/2C7H5N2.2ClH.Hf/c2*1-2-4-7-6(3-1)8-5-9-7;;;/h2*1-5H;2*1H;/q2*-1;;;+4/p-2. The van der Waals surface area contributed by atoms with Crippen LogP contribution in [0.4, 0.5) is 0 Å². The van der Waals surface area contributed by atoms with Gasteiger partial charge in [-0.25, -0.2) is 0 Å². The Kier molecular flexibility index (Phi) is 3.17. The third-order valence-corrected chi connectivity index (χ3v) is 16.2. The maximum absolute atomic E-state index is 6.86. The van der Waals surface area contributed by atoms with Crippen molar-refractivity contribution in [1.29, 1.82) is 0 Å². The maximum atomic E-state index is 6.86. The quantitative estimate of drug-likeness (QED) is 0.403. The predicted molar refractivity (Wildman–Crippen MR) is 82.0 cm³/mol. The third-order valence-electron chi connectivity index (χ3n) is 3.49. The van der Waals surface area contributed by atoms with Crippen LogP contribution in [0.15, 0.2) is 61.2 Å². The topological polar surface area (TPSA) is 35.6 Å². The van der Waals surface area contributed by atoms with Gasteiger partial charge in [-0.3, -0.25) is 0 Å². The summed E-state index contributed by atoms with van der Waals surface area (Å²) < 4.78 is 3.89. The Morgan fingerprint density at radius 1 is 0.714 bits per heavy atom. The molecule has 0 fully saturated rings. The van der Waals surface area contributed by atoms with Crippen molar-refractivity contribution < 1.29 is 18.2 Å². The van der Waals surface area contributed by atoms with Crippen molar-refractivity contribution in [2.45, 2.75) is 0 Å². The van der Waals surface area contributed by atoms with E-state index in [1.165, 1.54) is 0 Å². The van der Waals surface area contributed by atoms with Gasteiger partial charge in [0.05, 0.1) is 0 Å². The molecule has 0 saturated heterocycles. The van der Waals surface area contributed by atoms with Gasteiger partial charge < -0.3 is 0 Å². The molecule has 0 N–H and O–H groups in total. The number of aromatic nitrogens is 4. The molecule has 2 aromatic heterocycles. The minimum absolute atomic E-state index is 0.896. The summed E-state index contributed by atoms with van der Waals surface area (Å²) in [5.41, 5.74) is 3.71. The molecule has 4 rings (SSSR count). The summed E-state index contributed by atoms with van der Waals surface area (Å²) in [6, 6.07) is 15.7. The van der Waals surface area contributed by atoms with Crippen LogP contribution in [-0.4, -0.2) is 15.1 Å². The van der Waals surface area contributed by atoms with Gasteiger partial charge >= 0.3 is 134 Å². The summed E-state index contributed by atoms with van der Waals surface area (Å²) >= 11 is -4.04. The number of nitrogens with zero attached hydrogens (tertiary/aromatic N) is 4. The number of para-hydroxylation sites is 4. The van der Waals surface area contributed by atoms with E-state index in [4.69, 9.17) is 17.2 Å². The van der Waals surface area contributed by atoms with Gasteiger partial charge in [-0.1, -0.05) is 0 Å². The Morgan fingerprint density at radius 3 is 1.62 bits per heavy atom. The number of halogens is 2. The van der Waals surface area contributed by atoms with E-state index in [1.807, 2.05) is 53.6 Å². The van der Waals surface area contributed by atoms with Crippen LogP contribution in [-0.2, 0) is 18.2 Å². The van der Waals surface area contributed by atoms with Crippen LogP contribution in [0, 0.1) is 0 Å². The monoisotopic (exact) mass is 484 g/mol. The predicted octanol–water partition coefficient (Wildman–Crippen LogP) is 4.07. The van der Waals surface area contributed by atoms with Crippen LogP contribution in [0.2, 0.25) is 0 Å². The minimum atomic E-state index is -4.04. The molecule has 21 heavy (non-hydrogen) atoms. The van der Waals surface area contributed by atoms with Crippen molar-refractivity contribution in [3.8, 4) is 0 Å². The Bertz CT molecular complexity index is 868. The van der Waals surface area contributed by atoms with Crippen molar-refractivity contribution in [3.63, 3.8) is 0 Å². The zero-order valence-electron chi connectivity index (χ0n) is 10.8. The fraction of sp³-hybridized carbons (Fsp3) is 0. The molecule has 2 heterocycles. The van der Waals surface area contributed by atoms with Crippen LogP contribution in [0.5, 0.6) is 0 Å². The Balaban J connectivity index is 1.97. The second-order valence-electron chi connectivity index (χ2n) is 4.72. The van der Waals surface area contributed by atoms with Crippen molar-refractivity contribution >= 4 is 39.2 Å². The summed E-state index contributed by atoms with van der Waals surface area (Å²) in [7, 11) is 13.7. The number of fused-ring (bicyclic) bond motifs is 2. The van der Waals surface area contributed by atoms with Gasteiger partial charge in [-0.15, -0.1) is 0 Å². The Morgan fingerprint density at radius 2 is 1.14 bits per heavy atom. The Hall–Kier alpha value is -1.17. The molecule has 0 radical (unpaired) electrons. The molecule has 104 valence electrons. The Labute approximate surface area is 133 Å². The summed E-state index contributed by atoms with van der Waals surface area (Å²) in [6.45, 7) is 0. The third kappa shape index (κ3) is 2.06. The summed E-state index contributed by atoms with van der Waals surface area (Å²) in [5, 5.41) is 0. The number of rotatable bonds is 2. The van der Waals surface area contributed by atoms with Gasteiger partial charge in [0.2, 0.25) is 0 Å². The molecule has 0 saturated carbocycles. The first-order valence-corrected chi connectivity index (χ1v) is 18.5. The van der Waals surface area contributed by atoms with Gasteiger partial charge in [0.15, 0.2) is 0 Å². The summed E-state index contributed by atoms with van der Waals surface area (Å²) in [6.07, 6.45) is 3.47. The molecule has 0 bridgehead atoms. The van der Waals surface area contributed by atoms with E-state index >= 15 is 0 Å².